The van der Waals surface area contributed by atoms with Gasteiger partial charge in [-0.2, -0.15) is 15.3 Å². The Labute approximate surface area is 245 Å². The van der Waals surface area contributed by atoms with E-state index in [1.165, 1.54) is 4.68 Å². The lowest BCUT2D eigenvalue weighted by molar-refractivity contribution is 0.209. The van der Waals surface area contributed by atoms with Gasteiger partial charge in [0.2, 0.25) is 0 Å². The van der Waals surface area contributed by atoms with E-state index in [0.717, 1.165) is 54.1 Å². The summed E-state index contributed by atoms with van der Waals surface area (Å²) in [6, 6.07) is 19.8. The first-order chi connectivity index (χ1) is 20.4. The minimum Gasteiger partial charge on any atom is -0.392 e. The van der Waals surface area contributed by atoms with Gasteiger partial charge in [-0.15, -0.1) is 0 Å². The predicted molar refractivity (Wildman–Crippen MR) is 164 cm³/mol. The number of aliphatic hydroxyl groups is 1. The van der Waals surface area contributed by atoms with Crippen LogP contribution >= 0.6 is 0 Å². The second-order valence-electron chi connectivity index (χ2n) is 11.1. The van der Waals surface area contributed by atoms with Crippen LogP contribution in [0.1, 0.15) is 42.1 Å². The van der Waals surface area contributed by atoms with Gasteiger partial charge in [-0.05, 0) is 54.3 Å². The number of aromatic nitrogens is 3. The number of pyridine rings is 1. The monoisotopic (exact) mass is 564 g/mol. The molecule has 0 bridgehead atoms. The normalized spacial score (nSPS) is 17.0. The molecule has 216 valence electrons. The average molecular weight is 565 g/mol. The number of nitrogens with zero attached hydrogens (tertiary/aromatic N) is 7. The van der Waals surface area contributed by atoms with Crippen molar-refractivity contribution in [2.24, 2.45) is 17.3 Å². The molecule has 2 aromatic carbocycles. The maximum absolute atomic E-state index is 13.1. The number of azo groups is 1. The molecule has 6 rings (SSSR count). The zero-order chi connectivity index (χ0) is 29.2. The topological polar surface area (TPSA) is 111 Å². The third-order valence-corrected chi connectivity index (χ3v) is 8.21. The highest BCUT2D eigenvalue weighted by atomic mass is 16.3. The van der Waals surface area contributed by atoms with Crippen LogP contribution in [0.4, 0.5) is 17.2 Å². The van der Waals surface area contributed by atoms with E-state index in [0.29, 0.717) is 35.3 Å². The van der Waals surface area contributed by atoms with Crippen molar-refractivity contribution in [3.05, 3.63) is 99.5 Å². The Balaban J connectivity index is 1.28. The quantitative estimate of drug-likeness (QED) is 0.336. The molecule has 10 heteroatoms. The molecule has 0 aliphatic carbocycles. The minimum absolute atomic E-state index is 0.207. The van der Waals surface area contributed by atoms with E-state index in [-0.39, 0.29) is 18.2 Å². The van der Waals surface area contributed by atoms with E-state index < -0.39 is 0 Å². The van der Waals surface area contributed by atoms with E-state index in [2.05, 4.69) is 61.4 Å². The van der Waals surface area contributed by atoms with E-state index in [4.69, 9.17) is 0 Å². The van der Waals surface area contributed by atoms with Crippen molar-refractivity contribution in [3.63, 3.8) is 0 Å². The molecule has 42 heavy (non-hydrogen) atoms. The number of fused-ring (bicyclic) bond motifs is 1. The molecule has 1 saturated heterocycles. The van der Waals surface area contributed by atoms with Crippen LogP contribution in [-0.2, 0) is 20.2 Å². The van der Waals surface area contributed by atoms with Crippen molar-refractivity contribution in [2.45, 2.75) is 39.1 Å². The number of benzene rings is 2. The Bertz CT molecular complexity index is 1660. The van der Waals surface area contributed by atoms with Crippen LogP contribution in [-0.4, -0.2) is 57.0 Å². The maximum atomic E-state index is 13.1. The Morgan fingerprint density at radius 2 is 1.79 bits per heavy atom. The number of aliphatic hydroxyl groups excluding tert-OH is 1. The summed E-state index contributed by atoms with van der Waals surface area (Å²) in [6.45, 7) is 8.78. The van der Waals surface area contributed by atoms with Crippen LogP contribution < -0.4 is 15.8 Å². The lowest BCUT2D eigenvalue weighted by atomic mass is 9.88. The molecular weight excluding hydrogens is 528 g/mol. The van der Waals surface area contributed by atoms with Crippen molar-refractivity contribution < 1.29 is 5.11 Å². The molecule has 0 radical (unpaired) electrons. The molecule has 0 saturated carbocycles. The molecule has 2 aliphatic heterocycles. The van der Waals surface area contributed by atoms with Gasteiger partial charge in [0.05, 0.1) is 30.7 Å². The Hall–Kier alpha value is -4.41. The molecule has 2 aliphatic rings. The Kier molecular flexibility index (Phi) is 7.82. The zero-order valence-corrected chi connectivity index (χ0v) is 24.2. The molecule has 0 spiro atoms. The number of hydrogen-bond donors (Lipinski definition) is 2. The van der Waals surface area contributed by atoms with Crippen molar-refractivity contribution in [3.8, 4) is 11.3 Å². The van der Waals surface area contributed by atoms with Crippen LogP contribution in [0.3, 0.4) is 0 Å². The van der Waals surface area contributed by atoms with Crippen LogP contribution in [0.5, 0.6) is 0 Å². The van der Waals surface area contributed by atoms with Gasteiger partial charge in [-0.1, -0.05) is 42.5 Å². The number of rotatable bonds is 7. The van der Waals surface area contributed by atoms with Crippen LogP contribution in [0.15, 0.2) is 81.9 Å². The molecule has 1 unspecified atom stereocenters. The van der Waals surface area contributed by atoms with Gasteiger partial charge in [0.15, 0.2) is 0 Å². The number of nitrogens with one attached hydrogen (secondary N) is 1. The molecule has 1 fully saturated rings. The van der Waals surface area contributed by atoms with Gasteiger partial charge in [0, 0.05) is 44.8 Å². The summed E-state index contributed by atoms with van der Waals surface area (Å²) in [6.07, 6.45) is 1.85. The van der Waals surface area contributed by atoms with Crippen LogP contribution in [0.25, 0.3) is 11.3 Å². The first kappa shape index (κ1) is 27.7. The number of piperazine rings is 1. The molecule has 4 heterocycles. The Morgan fingerprint density at radius 3 is 2.52 bits per heavy atom. The van der Waals surface area contributed by atoms with E-state index in [1.807, 2.05) is 48.7 Å². The summed E-state index contributed by atoms with van der Waals surface area (Å²) < 4.78 is 1.31. The fourth-order valence-corrected chi connectivity index (χ4v) is 5.82. The lowest BCUT2D eigenvalue weighted by Crippen LogP contribution is -2.48. The fraction of sp³-hybridized carbons (Fsp3) is 0.344. The third kappa shape index (κ3) is 5.43. The predicted octanol–water partition coefficient (Wildman–Crippen LogP) is 4.66. The highest BCUT2D eigenvalue weighted by Gasteiger charge is 2.25. The molecule has 10 nitrogen and oxygen atoms in total. The molecule has 4 aromatic rings. The van der Waals surface area contributed by atoms with E-state index in [9.17, 15) is 9.90 Å². The van der Waals surface area contributed by atoms with Crippen molar-refractivity contribution in [1.82, 2.24) is 19.7 Å². The zero-order valence-electron chi connectivity index (χ0n) is 24.2. The van der Waals surface area contributed by atoms with Crippen LogP contribution in [0.2, 0.25) is 0 Å². The Morgan fingerprint density at radius 1 is 1.00 bits per heavy atom. The summed E-state index contributed by atoms with van der Waals surface area (Å²) in [4.78, 5) is 22.5. The summed E-state index contributed by atoms with van der Waals surface area (Å²) in [5, 5.41) is 27.2. The highest BCUT2D eigenvalue weighted by molar-refractivity contribution is 5.70. The van der Waals surface area contributed by atoms with Crippen molar-refractivity contribution in [1.29, 1.82) is 0 Å². The smallest absolute Gasteiger partial charge is 0.290 e. The van der Waals surface area contributed by atoms with Gasteiger partial charge in [0.25, 0.3) is 5.56 Å². The fourth-order valence-electron chi connectivity index (χ4n) is 5.82. The summed E-state index contributed by atoms with van der Waals surface area (Å²) in [5.74, 6) is 0.573. The van der Waals surface area contributed by atoms with Gasteiger partial charge >= 0.3 is 0 Å². The number of anilines is 3. The highest BCUT2D eigenvalue weighted by Crippen LogP contribution is 2.38. The average Bonchev–Trinajstić information content (AvgIpc) is 3.03. The summed E-state index contributed by atoms with van der Waals surface area (Å²) in [5.41, 5.74) is 6.20. The van der Waals surface area contributed by atoms with Gasteiger partial charge < -0.3 is 15.3 Å². The molecule has 2 N–H and O–H groups in total. The second kappa shape index (κ2) is 11.8. The number of hydrogen-bond acceptors (Lipinski definition) is 9. The molecule has 1 atom stereocenters. The van der Waals surface area contributed by atoms with E-state index in [1.54, 1.807) is 13.1 Å². The van der Waals surface area contributed by atoms with Gasteiger partial charge in [-0.25, -0.2) is 9.67 Å². The summed E-state index contributed by atoms with van der Waals surface area (Å²) >= 11 is 0. The van der Waals surface area contributed by atoms with Crippen molar-refractivity contribution >= 4 is 17.2 Å². The van der Waals surface area contributed by atoms with Gasteiger partial charge in [0.1, 0.15) is 17.5 Å². The molecule has 0 amide bonds. The van der Waals surface area contributed by atoms with Crippen LogP contribution in [0, 0.1) is 0 Å². The van der Waals surface area contributed by atoms with Crippen molar-refractivity contribution in [2.75, 3.05) is 36.4 Å². The standard InChI is InChI=1S/C32H36N8O2/c1-21(2)39-13-15-40(16-14-39)23-11-12-30(33-19-23)35-29-17-28(37-38(3)32(29)42)25-9-6-10-26(27(25)20-41)31-24-8-5-4-7-22(24)18-34-36-31/h4-12,17,19,21,31,41H,13-16,18,20H2,1-3H3,(H,33,35). The number of aryl methyl sites for hydroxylation is 1. The maximum Gasteiger partial charge on any atom is 0.290 e. The second-order valence-corrected chi connectivity index (χ2v) is 11.1. The van der Waals surface area contributed by atoms with Gasteiger partial charge in [-0.3, -0.25) is 9.69 Å². The third-order valence-electron chi connectivity index (χ3n) is 8.21. The first-order valence-corrected chi connectivity index (χ1v) is 14.4. The van der Waals surface area contributed by atoms with E-state index >= 15 is 0 Å². The largest absolute Gasteiger partial charge is 0.392 e. The lowest BCUT2D eigenvalue weighted by Gasteiger charge is -2.38. The molecular formula is C32H36N8O2. The summed E-state index contributed by atoms with van der Waals surface area (Å²) in [7, 11) is 1.62. The minimum atomic E-state index is -0.321. The SMILES string of the molecule is CC(C)N1CCN(c2ccc(Nc3cc(-c4cccc(C5N=NCc6ccccc65)c4CO)nn(C)c3=O)nc2)CC1. The first-order valence-electron chi connectivity index (χ1n) is 14.4. The molecule has 2 aromatic heterocycles.